The van der Waals surface area contributed by atoms with Gasteiger partial charge in [-0.1, -0.05) is 32.9 Å². The van der Waals surface area contributed by atoms with Crippen LogP contribution in [0.5, 0.6) is 5.75 Å². The molecule has 1 aliphatic heterocycles. The normalized spacial score (nSPS) is 19.0. The van der Waals surface area contributed by atoms with E-state index in [9.17, 15) is 23.1 Å². The van der Waals surface area contributed by atoms with Crippen LogP contribution in [-0.4, -0.2) is 55.8 Å². The molecule has 200 valence electrons. The lowest BCUT2D eigenvalue weighted by molar-refractivity contribution is -0.274. The second-order valence-electron chi connectivity index (χ2n) is 9.87. The van der Waals surface area contributed by atoms with Gasteiger partial charge < -0.3 is 14.6 Å². The third-order valence-electron chi connectivity index (χ3n) is 6.69. The predicted octanol–water partition coefficient (Wildman–Crippen LogP) is 5.92. The lowest BCUT2D eigenvalue weighted by atomic mass is 9.72. The number of fused-ring (bicyclic) bond motifs is 1. The minimum Gasteiger partial charge on any atom is -0.465 e. The number of carboxylic acid groups (broad SMARTS) is 1. The van der Waals surface area contributed by atoms with E-state index < -0.39 is 47.7 Å². The Kier molecular flexibility index (Phi) is 6.55. The summed E-state index contributed by atoms with van der Waals surface area (Å²) in [5.41, 5.74) is -0.927. The minimum absolute atomic E-state index is 0.0950. The van der Waals surface area contributed by atoms with Gasteiger partial charge >= 0.3 is 18.6 Å². The fraction of sp³-hybridized carbons (Fsp3) is 0.458. The summed E-state index contributed by atoms with van der Waals surface area (Å²) in [5.74, 6) is -1.23. The van der Waals surface area contributed by atoms with Crippen LogP contribution in [0.25, 0.3) is 16.8 Å². The maximum absolute atomic E-state index is 15.4. The van der Waals surface area contributed by atoms with Gasteiger partial charge in [-0.25, -0.2) is 4.79 Å². The molecule has 1 fully saturated rings. The van der Waals surface area contributed by atoms with E-state index in [1.54, 1.807) is 26.8 Å². The van der Waals surface area contributed by atoms with Crippen LogP contribution in [0.3, 0.4) is 0 Å². The Morgan fingerprint density at radius 3 is 2.27 bits per heavy atom. The van der Waals surface area contributed by atoms with Crippen molar-refractivity contribution >= 4 is 11.7 Å². The summed E-state index contributed by atoms with van der Waals surface area (Å²) in [6.45, 7) is 4.98. The summed E-state index contributed by atoms with van der Waals surface area (Å²) in [7, 11) is 0. The average Bonchev–Trinajstić information content (AvgIpc) is 3.42. The summed E-state index contributed by atoms with van der Waals surface area (Å²) in [6.07, 6.45) is -7.77. The van der Waals surface area contributed by atoms with Crippen LogP contribution in [0.4, 0.5) is 26.7 Å². The monoisotopic (exact) mass is 528 g/mol. The van der Waals surface area contributed by atoms with Crippen molar-refractivity contribution < 1.29 is 41.3 Å². The highest BCUT2D eigenvalue weighted by atomic mass is 19.4. The SMILES string of the molecule is CC(C)(C)[C@]1(COC(F)(F)c2nnc3ccc(-c4ccc(OC(F)(F)F)cc4)cn23)CCCN1C(=O)O. The van der Waals surface area contributed by atoms with Crippen LogP contribution in [0.1, 0.15) is 39.4 Å². The molecule has 0 saturated carbocycles. The highest BCUT2D eigenvalue weighted by Crippen LogP contribution is 2.45. The van der Waals surface area contributed by atoms with Gasteiger partial charge in [-0.05, 0) is 53.6 Å². The van der Waals surface area contributed by atoms with Gasteiger partial charge in [-0.15, -0.1) is 23.4 Å². The van der Waals surface area contributed by atoms with Gasteiger partial charge in [-0.2, -0.15) is 8.78 Å². The molecule has 1 saturated heterocycles. The smallest absolute Gasteiger partial charge is 0.465 e. The highest BCUT2D eigenvalue weighted by molar-refractivity contribution is 5.67. The van der Waals surface area contributed by atoms with E-state index in [-0.39, 0.29) is 12.2 Å². The Hall–Kier alpha value is -3.48. The number of rotatable bonds is 6. The van der Waals surface area contributed by atoms with Gasteiger partial charge in [-0.3, -0.25) is 9.30 Å². The van der Waals surface area contributed by atoms with Crippen LogP contribution in [-0.2, 0) is 10.8 Å². The largest absolute Gasteiger partial charge is 0.573 e. The highest BCUT2D eigenvalue weighted by Gasteiger charge is 2.54. The number of halogens is 5. The molecular formula is C24H25F5N4O4. The number of hydrogen-bond acceptors (Lipinski definition) is 5. The first-order valence-corrected chi connectivity index (χ1v) is 11.4. The number of benzene rings is 1. The van der Waals surface area contributed by atoms with Crippen LogP contribution >= 0.6 is 0 Å². The number of pyridine rings is 1. The third-order valence-corrected chi connectivity index (χ3v) is 6.69. The summed E-state index contributed by atoms with van der Waals surface area (Å²) in [5, 5.41) is 17.0. The Balaban J connectivity index is 1.62. The van der Waals surface area contributed by atoms with Gasteiger partial charge in [0.1, 0.15) is 5.75 Å². The quantitative estimate of drug-likeness (QED) is 0.400. The number of hydrogen-bond donors (Lipinski definition) is 1. The molecule has 1 atom stereocenters. The molecule has 8 nitrogen and oxygen atoms in total. The van der Waals surface area contributed by atoms with E-state index in [4.69, 9.17) is 4.74 Å². The molecule has 1 amide bonds. The topological polar surface area (TPSA) is 89.2 Å². The van der Waals surface area contributed by atoms with E-state index in [1.165, 1.54) is 24.4 Å². The average molecular weight is 528 g/mol. The molecule has 1 aliphatic rings. The van der Waals surface area contributed by atoms with E-state index in [2.05, 4.69) is 14.9 Å². The van der Waals surface area contributed by atoms with Crippen LogP contribution in [0.2, 0.25) is 0 Å². The van der Waals surface area contributed by atoms with Crippen molar-refractivity contribution in [2.24, 2.45) is 5.41 Å². The maximum atomic E-state index is 15.4. The first kappa shape index (κ1) is 26.6. The number of nitrogens with zero attached hydrogens (tertiary/aromatic N) is 4. The van der Waals surface area contributed by atoms with Crippen molar-refractivity contribution in [2.75, 3.05) is 13.2 Å². The number of carbonyl (C=O) groups is 1. The zero-order chi connectivity index (χ0) is 27.2. The van der Waals surface area contributed by atoms with Gasteiger partial charge in [0.05, 0.1) is 12.1 Å². The number of ether oxygens (including phenoxy) is 2. The Bertz CT molecular complexity index is 1290. The molecular weight excluding hydrogens is 503 g/mol. The molecule has 0 radical (unpaired) electrons. The van der Waals surface area contributed by atoms with Crippen LogP contribution in [0.15, 0.2) is 42.6 Å². The van der Waals surface area contributed by atoms with Crippen molar-refractivity contribution in [3.05, 3.63) is 48.4 Å². The molecule has 1 aromatic carbocycles. The molecule has 4 rings (SSSR count). The summed E-state index contributed by atoms with van der Waals surface area (Å²) in [4.78, 5) is 13.0. The minimum atomic E-state index is -4.84. The maximum Gasteiger partial charge on any atom is 0.573 e. The number of likely N-dealkylation sites (tertiary alicyclic amines) is 1. The first-order valence-electron chi connectivity index (χ1n) is 11.4. The number of amides is 1. The molecule has 1 N–H and O–H groups in total. The molecule has 37 heavy (non-hydrogen) atoms. The van der Waals surface area contributed by atoms with E-state index in [1.807, 2.05) is 0 Å². The van der Waals surface area contributed by atoms with Crippen molar-refractivity contribution in [3.8, 4) is 16.9 Å². The standard InChI is InChI=1S/C24H25F5N4O4/c1-21(2,3)22(11-4-12-33(22)20(34)35)14-36-23(25,26)19-31-30-18-10-7-16(13-32(18)19)15-5-8-17(9-6-15)37-24(27,28)29/h5-10,13H,4,11-12,14H2,1-3H3,(H,34,35)/t22-/m1/s1. The van der Waals surface area contributed by atoms with Gasteiger partial charge in [0.25, 0.3) is 0 Å². The van der Waals surface area contributed by atoms with E-state index in [0.29, 0.717) is 24.0 Å². The summed E-state index contributed by atoms with van der Waals surface area (Å²) < 4.78 is 78.0. The Labute approximate surface area is 208 Å². The molecule has 3 aromatic rings. The van der Waals surface area contributed by atoms with Gasteiger partial charge in [0, 0.05) is 12.7 Å². The third kappa shape index (κ3) is 5.17. The van der Waals surface area contributed by atoms with Gasteiger partial charge in [0.15, 0.2) is 5.65 Å². The van der Waals surface area contributed by atoms with Crippen LogP contribution < -0.4 is 4.74 Å². The summed E-state index contributed by atoms with van der Waals surface area (Å²) >= 11 is 0. The van der Waals surface area contributed by atoms with Crippen molar-refractivity contribution in [2.45, 2.75) is 51.6 Å². The van der Waals surface area contributed by atoms with Crippen molar-refractivity contribution in [3.63, 3.8) is 0 Å². The lowest BCUT2D eigenvalue weighted by Gasteiger charge is -2.47. The Morgan fingerprint density at radius 1 is 1.03 bits per heavy atom. The van der Waals surface area contributed by atoms with Crippen molar-refractivity contribution in [1.29, 1.82) is 0 Å². The van der Waals surface area contributed by atoms with Crippen molar-refractivity contribution in [1.82, 2.24) is 19.5 Å². The molecule has 2 aromatic heterocycles. The fourth-order valence-corrected chi connectivity index (χ4v) is 4.69. The number of aromatic nitrogens is 3. The molecule has 0 unspecified atom stereocenters. The predicted molar refractivity (Wildman–Crippen MR) is 121 cm³/mol. The Morgan fingerprint density at radius 2 is 1.68 bits per heavy atom. The molecule has 3 heterocycles. The zero-order valence-electron chi connectivity index (χ0n) is 20.2. The second-order valence-corrected chi connectivity index (χ2v) is 9.87. The van der Waals surface area contributed by atoms with Gasteiger partial charge in [0.2, 0.25) is 5.82 Å². The first-order chi connectivity index (χ1) is 17.1. The fourth-order valence-electron chi connectivity index (χ4n) is 4.69. The van der Waals surface area contributed by atoms with Crippen LogP contribution in [0, 0.1) is 5.41 Å². The molecule has 0 aliphatic carbocycles. The zero-order valence-corrected chi connectivity index (χ0v) is 20.2. The molecule has 0 bridgehead atoms. The number of alkyl halides is 5. The summed E-state index contributed by atoms with van der Waals surface area (Å²) in [6, 6.07) is 7.92. The second kappa shape index (κ2) is 9.12. The molecule has 13 heteroatoms. The molecule has 0 spiro atoms. The van der Waals surface area contributed by atoms with E-state index in [0.717, 1.165) is 21.4 Å². The lowest BCUT2D eigenvalue weighted by Crippen LogP contribution is -2.58. The van der Waals surface area contributed by atoms with E-state index >= 15 is 8.78 Å².